The first-order chi connectivity index (χ1) is 7.61. The summed E-state index contributed by atoms with van der Waals surface area (Å²) >= 11 is 6.08. The van der Waals surface area contributed by atoms with Crippen LogP contribution in [0, 0.1) is 10.1 Å². The average molecular weight is 242 g/mol. The predicted octanol–water partition coefficient (Wildman–Crippen LogP) is 2.32. The van der Waals surface area contributed by atoms with Gasteiger partial charge in [-0.15, -0.1) is 0 Å². The summed E-state index contributed by atoms with van der Waals surface area (Å²) in [7, 11) is 0. The van der Waals surface area contributed by atoms with Crippen LogP contribution in [0.25, 0.3) is 0 Å². The molecule has 1 aliphatic heterocycles. The molecule has 2 N–H and O–H groups in total. The molecular formula is C10H12ClN3O2. The third-order valence-electron chi connectivity index (χ3n) is 2.68. The number of nitrogens with zero attached hydrogens (tertiary/aromatic N) is 1. The molecule has 1 aliphatic rings. The fourth-order valence-electron chi connectivity index (χ4n) is 1.92. The molecule has 5 nitrogen and oxygen atoms in total. The van der Waals surface area contributed by atoms with Gasteiger partial charge in [-0.25, -0.2) is 0 Å². The minimum absolute atomic E-state index is 0.0115. The fraction of sp³-hybridized carbons (Fsp3) is 0.400. The van der Waals surface area contributed by atoms with E-state index < -0.39 is 0 Å². The Morgan fingerprint density at radius 2 is 2.25 bits per heavy atom. The second kappa shape index (κ2) is 4.27. The molecule has 0 aromatic heterocycles. The topological polar surface area (TPSA) is 67.2 Å². The van der Waals surface area contributed by atoms with Crippen molar-refractivity contribution >= 4 is 23.0 Å². The van der Waals surface area contributed by atoms with E-state index in [0.29, 0.717) is 17.3 Å². The van der Waals surface area contributed by atoms with Gasteiger partial charge < -0.3 is 10.6 Å². The number of hydrogen-bond donors (Lipinski definition) is 2. The third-order valence-corrected chi connectivity index (χ3v) is 3.01. The Morgan fingerprint density at radius 3 is 2.94 bits per heavy atom. The first kappa shape index (κ1) is 11.2. The van der Waals surface area contributed by atoms with Crippen molar-refractivity contribution in [2.75, 3.05) is 18.4 Å². The summed E-state index contributed by atoms with van der Waals surface area (Å²) in [6.07, 6.45) is 0. The average Bonchev–Trinajstić information content (AvgIpc) is 2.41. The first-order valence-electron chi connectivity index (χ1n) is 5.05. The monoisotopic (exact) mass is 241 g/mol. The molecule has 0 saturated carbocycles. The van der Waals surface area contributed by atoms with Gasteiger partial charge in [0.15, 0.2) is 0 Å². The van der Waals surface area contributed by atoms with E-state index in [9.17, 15) is 10.1 Å². The molecule has 0 saturated heterocycles. The van der Waals surface area contributed by atoms with E-state index in [2.05, 4.69) is 10.6 Å². The molecule has 0 bridgehead atoms. The third kappa shape index (κ3) is 1.83. The number of halogens is 1. The Labute approximate surface area is 97.9 Å². The van der Waals surface area contributed by atoms with Crippen LogP contribution in [0.2, 0.25) is 5.02 Å². The minimum atomic E-state index is -0.389. The van der Waals surface area contributed by atoms with Gasteiger partial charge in [0.25, 0.3) is 5.69 Å². The zero-order chi connectivity index (χ0) is 11.7. The van der Waals surface area contributed by atoms with Crippen LogP contribution in [0.1, 0.15) is 18.5 Å². The lowest BCUT2D eigenvalue weighted by atomic mass is 10.1. The Kier molecular flexibility index (Phi) is 2.98. The zero-order valence-corrected chi connectivity index (χ0v) is 9.54. The number of hydrogen-bond acceptors (Lipinski definition) is 4. The molecule has 0 amide bonds. The molecule has 1 aromatic carbocycles. The number of anilines is 1. The van der Waals surface area contributed by atoms with E-state index in [1.54, 1.807) is 6.07 Å². The van der Waals surface area contributed by atoms with Crippen molar-refractivity contribution in [1.82, 2.24) is 5.32 Å². The maximum Gasteiger partial charge on any atom is 0.292 e. The molecule has 1 unspecified atom stereocenters. The second-order valence-electron chi connectivity index (χ2n) is 3.71. The van der Waals surface area contributed by atoms with Crippen molar-refractivity contribution in [2.24, 2.45) is 0 Å². The molecule has 0 aliphatic carbocycles. The normalized spacial score (nSPS) is 19.5. The molecule has 1 atom stereocenters. The molecule has 0 fully saturated rings. The number of rotatable bonds is 1. The van der Waals surface area contributed by atoms with Crippen molar-refractivity contribution in [3.05, 3.63) is 32.8 Å². The molecule has 1 aromatic rings. The maximum absolute atomic E-state index is 10.9. The summed E-state index contributed by atoms with van der Waals surface area (Å²) in [6, 6.07) is 3.02. The summed E-state index contributed by atoms with van der Waals surface area (Å²) in [5.41, 5.74) is 1.39. The zero-order valence-electron chi connectivity index (χ0n) is 8.79. The van der Waals surface area contributed by atoms with Crippen LogP contribution in [0.15, 0.2) is 12.1 Å². The van der Waals surface area contributed by atoms with E-state index >= 15 is 0 Å². The molecular weight excluding hydrogens is 230 g/mol. The molecule has 0 radical (unpaired) electrons. The molecule has 1 heterocycles. The van der Waals surface area contributed by atoms with Gasteiger partial charge in [-0.1, -0.05) is 11.6 Å². The number of nitro benzene ring substituents is 1. The van der Waals surface area contributed by atoms with Crippen LogP contribution in [-0.2, 0) is 0 Å². The Balaban J connectivity index is 2.62. The SMILES string of the molecule is CC1NCCNc2c([N+](=O)[O-])ccc(Cl)c21. The van der Waals surface area contributed by atoms with Crippen LogP contribution < -0.4 is 10.6 Å². The van der Waals surface area contributed by atoms with Gasteiger partial charge >= 0.3 is 0 Å². The molecule has 6 heteroatoms. The van der Waals surface area contributed by atoms with Crippen molar-refractivity contribution in [3.8, 4) is 0 Å². The van der Waals surface area contributed by atoms with Gasteiger partial charge in [-0.05, 0) is 13.0 Å². The highest BCUT2D eigenvalue weighted by atomic mass is 35.5. The number of nitrogens with one attached hydrogen (secondary N) is 2. The molecule has 2 rings (SSSR count). The lowest BCUT2D eigenvalue weighted by Crippen LogP contribution is -2.20. The smallest absolute Gasteiger partial charge is 0.292 e. The lowest BCUT2D eigenvalue weighted by Gasteiger charge is -2.14. The van der Waals surface area contributed by atoms with E-state index in [4.69, 9.17) is 11.6 Å². The summed E-state index contributed by atoms with van der Waals surface area (Å²) in [5, 5.41) is 17.8. The highest BCUT2D eigenvalue weighted by molar-refractivity contribution is 6.32. The van der Waals surface area contributed by atoms with Crippen LogP contribution in [0.4, 0.5) is 11.4 Å². The van der Waals surface area contributed by atoms with Crippen molar-refractivity contribution < 1.29 is 4.92 Å². The standard InChI is InChI=1S/C10H12ClN3O2/c1-6-9-7(11)2-3-8(14(15)16)10(9)13-5-4-12-6/h2-3,6,12-13H,4-5H2,1H3. The lowest BCUT2D eigenvalue weighted by molar-refractivity contribution is -0.384. The molecule has 16 heavy (non-hydrogen) atoms. The van der Waals surface area contributed by atoms with Gasteiger partial charge in [0.2, 0.25) is 0 Å². The van der Waals surface area contributed by atoms with Crippen molar-refractivity contribution in [2.45, 2.75) is 13.0 Å². The molecule has 0 spiro atoms. The highest BCUT2D eigenvalue weighted by Gasteiger charge is 2.25. The van der Waals surface area contributed by atoms with Crippen LogP contribution in [-0.4, -0.2) is 18.0 Å². The van der Waals surface area contributed by atoms with E-state index in [1.165, 1.54) is 6.07 Å². The Hall–Kier alpha value is -1.33. The van der Waals surface area contributed by atoms with Gasteiger partial charge in [0.05, 0.1) is 4.92 Å². The van der Waals surface area contributed by atoms with Crippen LogP contribution >= 0.6 is 11.6 Å². The van der Waals surface area contributed by atoms with Crippen molar-refractivity contribution in [3.63, 3.8) is 0 Å². The minimum Gasteiger partial charge on any atom is -0.378 e. The van der Waals surface area contributed by atoms with Gasteiger partial charge in [0, 0.05) is 35.8 Å². The number of fused-ring (bicyclic) bond motifs is 1. The summed E-state index contributed by atoms with van der Waals surface area (Å²) in [6.45, 7) is 3.35. The Bertz CT molecular complexity index is 436. The molecule has 86 valence electrons. The number of nitro groups is 1. The summed E-state index contributed by atoms with van der Waals surface area (Å²) in [5.74, 6) is 0. The summed E-state index contributed by atoms with van der Waals surface area (Å²) < 4.78 is 0. The Morgan fingerprint density at radius 1 is 1.50 bits per heavy atom. The second-order valence-corrected chi connectivity index (χ2v) is 4.12. The van der Waals surface area contributed by atoms with E-state index in [1.807, 2.05) is 6.92 Å². The summed E-state index contributed by atoms with van der Waals surface area (Å²) in [4.78, 5) is 10.5. The number of benzene rings is 1. The highest BCUT2D eigenvalue weighted by Crippen LogP contribution is 2.38. The first-order valence-corrected chi connectivity index (χ1v) is 5.43. The van der Waals surface area contributed by atoms with Crippen LogP contribution in [0.5, 0.6) is 0 Å². The van der Waals surface area contributed by atoms with Gasteiger partial charge in [-0.2, -0.15) is 0 Å². The predicted molar refractivity (Wildman–Crippen MR) is 63.0 cm³/mol. The largest absolute Gasteiger partial charge is 0.378 e. The van der Waals surface area contributed by atoms with Crippen molar-refractivity contribution in [1.29, 1.82) is 0 Å². The van der Waals surface area contributed by atoms with Crippen LogP contribution in [0.3, 0.4) is 0 Å². The fourth-order valence-corrected chi connectivity index (χ4v) is 2.24. The van der Waals surface area contributed by atoms with E-state index in [0.717, 1.165) is 12.1 Å². The maximum atomic E-state index is 10.9. The van der Waals surface area contributed by atoms with Gasteiger partial charge in [-0.3, -0.25) is 10.1 Å². The quantitative estimate of drug-likeness (QED) is 0.585. The van der Waals surface area contributed by atoms with Gasteiger partial charge in [0.1, 0.15) is 5.69 Å². The van der Waals surface area contributed by atoms with E-state index in [-0.39, 0.29) is 16.7 Å².